The lowest BCUT2D eigenvalue weighted by Crippen LogP contribution is -2.27. The summed E-state index contributed by atoms with van der Waals surface area (Å²) >= 11 is 1.91. The number of hydrogen-bond acceptors (Lipinski definition) is 4. The van der Waals surface area contributed by atoms with Crippen molar-refractivity contribution in [2.75, 3.05) is 12.3 Å². The van der Waals surface area contributed by atoms with Crippen molar-refractivity contribution in [3.63, 3.8) is 0 Å². The van der Waals surface area contributed by atoms with Crippen molar-refractivity contribution in [2.24, 2.45) is 0 Å². The fraction of sp³-hybridized carbons (Fsp3) is 0.533. The Kier molecular flexibility index (Phi) is 5.61. The van der Waals surface area contributed by atoms with E-state index in [2.05, 4.69) is 5.32 Å². The molecule has 1 N–H and O–H groups in total. The van der Waals surface area contributed by atoms with Crippen molar-refractivity contribution in [1.82, 2.24) is 5.32 Å². The third-order valence-electron chi connectivity index (χ3n) is 3.79. The zero-order chi connectivity index (χ0) is 15.2. The molecule has 5 nitrogen and oxygen atoms in total. The van der Waals surface area contributed by atoms with Crippen molar-refractivity contribution >= 4 is 23.4 Å². The first-order valence-corrected chi connectivity index (χ1v) is 8.28. The van der Waals surface area contributed by atoms with Gasteiger partial charge in [-0.2, -0.15) is 11.8 Å². The van der Waals surface area contributed by atoms with Gasteiger partial charge in [-0.15, -0.1) is 0 Å². The monoisotopic (exact) mass is 308 g/mol. The topological polar surface area (TPSA) is 72.2 Å². The molecule has 1 aliphatic rings. The Hall–Kier alpha value is -1.56. The number of thioether (sulfide) groups is 1. The Balaban J connectivity index is 1.85. The van der Waals surface area contributed by atoms with Gasteiger partial charge >= 0.3 is 0 Å². The van der Waals surface area contributed by atoms with E-state index in [0.717, 1.165) is 11.0 Å². The molecule has 1 aromatic rings. The molecule has 1 aromatic carbocycles. The van der Waals surface area contributed by atoms with Crippen LogP contribution in [0.2, 0.25) is 0 Å². The Morgan fingerprint density at radius 1 is 1.43 bits per heavy atom. The number of nitrogens with zero attached hydrogens (tertiary/aromatic N) is 1. The normalized spacial score (nSPS) is 15.1. The van der Waals surface area contributed by atoms with E-state index < -0.39 is 4.92 Å². The highest BCUT2D eigenvalue weighted by Crippen LogP contribution is 2.29. The summed E-state index contributed by atoms with van der Waals surface area (Å²) in [7, 11) is 0. The van der Waals surface area contributed by atoms with E-state index in [1.165, 1.54) is 31.7 Å². The highest BCUT2D eigenvalue weighted by Gasteiger charge is 2.18. The third-order valence-corrected chi connectivity index (χ3v) is 5.17. The predicted molar refractivity (Wildman–Crippen MR) is 84.9 cm³/mol. The second-order valence-electron chi connectivity index (χ2n) is 5.24. The molecule has 1 saturated carbocycles. The molecule has 1 fully saturated rings. The Morgan fingerprint density at radius 2 is 2.14 bits per heavy atom. The number of benzene rings is 1. The number of nitrogens with one attached hydrogen (secondary N) is 1. The van der Waals surface area contributed by atoms with Crippen LogP contribution in [0.1, 0.15) is 41.6 Å². The van der Waals surface area contributed by atoms with Gasteiger partial charge in [-0.3, -0.25) is 14.9 Å². The maximum atomic E-state index is 12.1. The molecular formula is C15H20N2O3S. The van der Waals surface area contributed by atoms with Crippen LogP contribution in [0.5, 0.6) is 0 Å². The van der Waals surface area contributed by atoms with Crippen LogP contribution in [0, 0.1) is 17.0 Å². The zero-order valence-corrected chi connectivity index (χ0v) is 12.9. The quantitative estimate of drug-likeness (QED) is 0.497. The summed E-state index contributed by atoms with van der Waals surface area (Å²) in [5.41, 5.74) is 0.793. The van der Waals surface area contributed by atoms with Crippen molar-refractivity contribution in [3.05, 3.63) is 39.4 Å². The molecule has 0 bridgehead atoms. The van der Waals surface area contributed by atoms with Gasteiger partial charge in [-0.1, -0.05) is 18.9 Å². The van der Waals surface area contributed by atoms with E-state index in [1.807, 2.05) is 11.8 Å². The molecule has 0 unspecified atom stereocenters. The SMILES string of the molecule is Cc1c(C(=O)NCCSC2CCCC2)cccc1[N+](=O)[O-]. The summed E-state index contributed by atoms with van der Waals surface area (Å²) in [5.74, 6) is 0.660. The third kappa shape index (κ3) is 4.20. The Bertz CT molecular complexity index is 528. The predicted octanol–water partition coefficient (Wildman–Crippen LogP) is 3.31. The molecule has 6 heteroatoms. The van der Waals surface area contributed by atoms with Crippen LogP contribution in [0.4, 0.5) is 5.69 Å². The van der Waals surface area contributed by atoms with E-state index in [1.54, 1.807) is 19.1 Å². The van der Waals surface area contributed by atoms with Gasteiger partial charge in [-0.25, -0.2) is 0 Å². The van der Waals surface area contributed by atoms with E-state index in [9.17, 15) is 14.9 Å². The summed E-state index contributed by atoms with van der Waals surface area (Å²) in [6.07, 6.45) is 5.19. The fourth-order valence-electron chi connectivity index (χ4n) is 2.61. The molecule has 21 heavy (non-hydrogen) atoms. The molecule has 0 aromatic heterocycles. The summed E-state index contributed by atoms with van der Waals surface area (Å²) < 4.78 is 0. The molecule has 0 radical (unpaired) electrons. The maximum absolute atomic E-state index is 12.1. The van der Waals surface area contributed by atoms with Crippen LogP contribution in [0.3, 0.4) is 0 Å². The number of rotatable bonds is 6. The molecule has 2 rings (SSSR count). The minimum atomic E-state index is -0.456. The van der Waals surface area contributed by atoms with Crippen molar-refractivity contribution in [1.29, 1.82) is 0 Å². The van der Waals surface area contributed by atoms with Gasteiger partial charge in [0.2, 0.25) is 0 Å². The van der Waals surface area contributed by atoms with Gasteiger partial charge in [0.1, 0.15) is 0 Å². The highest BCUT2D eigenvalue weighted by molar-refractivity contribution is 7.99. The van der Waals surface area contributed by atoms with Crippen molar-refractivity contribution < 1.29 is 9.72 Å². The molecule has 0 aliphatic heterocycles. The maximum Gasteiger partial charge on any atom is 0.273 e. The standard InChI is InChI=1S/C15H20N2O3S/c1-11-13(7-4-8-14(11)17(19)20)15(18)16-9-10-21-12-5-2-3-6-12/h4,7-8,12H,2-3,5-6,9-10H2,1H3,(H,16,18). The molecule has 114 valence electrons. The zero-order valence-electron chi connectivity index (χ0n) is 12.1. The fourth-order valence-corrected chi connectivity index (χ4v) is 3.83. The first kappa shape index (κ1) is 15.8. The number of nitro benzene ring substituents is 1. The first-order valence-electron chi connectivity index (χ1n) is 7.23. The van der Waals surface area contributed by atoms with E-state index >= 15 is 0 Å². The van der Waals surface area contributed by atoms with Crippen LogP contribution >= 0.6 is 11.8 Å². The number of hydrogen-bond donors (Lipinski definition) is 1. The molecular weight excluding hydrogens is 288 g/mol. The summed E-state index contributed by atoms with van der Waals surface area (Å²) in [6, 6.07) is 4.59. The van der Waals surface area contributed by atoms with Crippen molar-refractivity contribution in [2.45, 2.75) is 37.9 Å². The Labute approximate surface area is 128 Å². The van der Waals surface area contributed by atoms with Crippen molar-refractivity contribution in [3.8, 4) is 0 Å². The molecule has 1 amide bonds. The van der Waals surface area contributed by atoms with Gasteiger partial charge in [0.05, 0.1) is 4.92 Å². The average Bonchev–Trinajstić information content (AvgIpc) is 2.96. The van der Waals surface area contributed by atoms with Crippen LogP contribution < -0.4 is 5.32 Å². The largest absolute Gasteiger partial charge is 0.351 e. The van der Waals surface area contributed by atoms with Crippen LogP contribution in [0.15, 0.2) is 18.2 Å². The smallest absolute Gasteiger partial charge is 0.273 e. The summed E-state index contributed by atoms with van der Waals surface area (Å²) in [6.45, 7) is 2.21. The second kappa shape index (κ2) is 7.45. The van der Waals surface area contributed by atoms with E-state index in [-0.39, 0.29) is 11.6 Å². The van der Waals surface area contributed by atoms with Crippen LogP contribution in [-0.2, 0) is 0 Å². The average molecular weight is 308 g/mol. The molecule has 0 saturated heterocycles. The first-order chi connectivity index (χ1) is 10.1. The summed E-state index contributed by atoms with van der Waals surface area (Å²) in [5, 5.41) is 14.5. The van der Waals surface area contributed by atoms with Crippen LogP contribution in [-0.4, -0.2) is 28.4 Å². The van der Waals surface area contributed by atoms with Gasteiger partial charge in [0.15, 0.2) is 0 Å². The lowest BCUT2D eigenvalue weighted by atomic mass is 10.1. The highest BCUT2D eigenvalue weighted by atomic mass is 32.2. The number of carbonyl (C=O) groups is 1. The Morgan fingerprint density at radius 3 is 2.81 bits per heavy atom. The van der Waals surface area contributed by atoms with Gasteiger partial charge in [0, 0.05) is 34.7 Å². The molecule has 0 atom stereocenters. The van der Waals surface area contributed by atoms with Gasteiger partial charge in [-0.05, 0) is 25.8 Å². The minimum Gasteiger partial charge on any atom is -0.351 e. The second-order valence-corrected chi connectivity index (χ2v) is 6.65. The summed E-state index contributed by atoms with van der Waals surface area (Å²) in [4.78, 5) is 22.5. The van der Waals surface area contributed by atoms with E-state index in [0.29, 0.717) is 17.7 Å². The minimum absolute atomic E-state index is 0.0111. The lowest BCUT2D eigenvalue weighted by molar-refractivity contribution is -0.385. The van der Waals surface area contributed by atoms with Crippen LogP contribution in [0.25, 0.3) is 0 Å². The molecule has 0 heterocycles. The number of carbonyl (C=O) groups excluding carboxylic acids is 1. The van der Waals surface area contributed by atoms with Gasteiger partial charge < -0.3 is 5.32 Å². The van der Waals surface area contributed by atoms with Gasteiger partial charge in [0.25, 0.3) is 11.6 Å². The molecule has 1 aliphatic carbocycles. The number of amides is 1. The number of nitro groups is 1. The van der Waals surface area contributed by atoms with E-state index in [4.69, 9.17) is 0 Å². The lowest BCUT2D eigenvalue weighted by Gasteiger charge is -2.10. The molecule has 0 spiro atoms.